The van der Waals surface area contributed by atoms with Crippen molar-refractivity contribution in [1.82, 2.24) is 5.32 Å². The first-order valence-corrected chi connectivity index (χ1v) is 5.93. The molecule has 0 radical (unpaired) electrons. The second kappa shape index (κ2) is 6.24. The van der Waals surface area contributed by atoms with E-state index in [0.717, 1.165) is 0 Å². The Morgan fingerprint density at radius 1 is 1.44 bits per heavy atom. The smallest absolute Gasteiger partial charge is 0.319 e. The number of hydrogen-bond acceptors (Lipinski definition) is 3. The molecule has 0 aliphatic rings. The second-order valence-electron chi connectivity index (χ2n) is 4.09. The minimum atomic E-state index is -1.37. The average Bonchev–Trinajstić information content (AvgIpc) is 2.31. The molecule has 0 heterocycles. The van der Waals surface area contributed by atoms with Gasteiger partial charge in [-0.15, -0.1) is 0 Å². The first-order valence-electron chi connectivity index (χ1n) is 5.17. The van der Waals surface area contributed by atoms with E-state index in [1.54, 1.807) is 12.1 Å². The summed E-state index contributed by atoms with van der Waals surface area (Å²) in [7, 11) is 0. The lowest BCUT2D eigenvalue weighted by Gasteiger charge is -2.20. The van der Waals surface area contributed by atoms with Gasteiger partial charge in [-0.25, -0.2) is 4.79 Å². The van der Waals surface area contributed by atoms with Gasteiger partial charge in [-0.05, 0) is 25.1 Å². The summed E-state index contributed by atoms with van der Waals surface area (Å²) in [5.41, 5.74) is -1.000. The molecule has 2 amide bonds. The third kappa shape index (κ3) is 4.70. The summed E-state index contributed by atoms with van der Waals surface area (Å²) in [5.74, 6) is 0. The number of benzene rings is 1. The molecule has 18 heavy (non-hydrogen) atoms. The maximum atomic E-state index is 11.5. The largest absolute Gasteiger partial charge is 0.393 e. The van der Waals surface area contributed by atoms with Crippen molar-refractivity contribution in [1.29, 1.82) is 0 Å². The molecule has 0 saturated carbocycles. The van der Waals surface area contributed by atoms with Crippen LogP contribution in [-0.2, 0) is 0 Å². The Labute approximate surface area is 115 Å². The maximum Gasteiger partial charge on any atom is 0.319 e. The van der Waals surface area contributed by atoms with Gasteiger partial charge in [0.2, 0.25) is 0 Å². The minimum Gasteiger partial charge on any atom is -0.393 e. The van der Waals surface area contributed by atoms with Crippen molar-refractivity contribution in [2.45, 2.75) is 12.5 Å². The molecule has 4 N–H and O–H groups in total. The quantitative estimate of drug-likeness (QED) is 0.684. The summed E-state index contributed by atoms with van der Waals surface area (Å²) in [6.45, 7) is 0.859. The third-order valence-electron chi connectivity index (χ3n) is 2.15. The number of rotatable bonds is 4. The van der Waals surface area contributed by atoms with Crippen molar-refractivity contribution in [3.05, 3.63) is 28.2 Å². The molecule has 0 spiro atoms. The number of carbonyl (C=O) groups excluding carboxylic acids is 1. The average molecular weight is 293 g/mol. The van der Waals surface area contributed by atoms with Crippen LogP contribution in [0.4, 0.5) is 10.5 Å². The Hall–Kier alpha value is -1.01. The summed E-state index contributed by atoms with van der Waals surface area (Å²) >= 11 is 11.6. The van der Waals surface area contributed by atoms with E-state index in [4.69, 9.17) is 28.3 Å². The molecule has 1 aromatic rings. The topological polar surface area (TPSA) is 81.6 Å². The van der Waals surface area contributed by atoms with Gasteiger partial charge in [0.25, 0.3) is 0 Å². The van der Waals surface area contributed by atoms with Crippen LogP contribution < -0.4 is 10.6 Å². The zero-order valence-electron chi connectivity index (χ0n) is 9.70. The Balaban J connectivity index is 2.57. The molecule has 7 heteroatoms. The summed E-state index contributed by atoms with van der Waals surface area (Å²) < 4.78 is 0. The first-order chi connectivity index (χ1) is 8.34. The Morgan fingerprint density at radius 2 is 2.11 bits per heavy atom. The minimum absolute atomic E-state index is 0.0898. The summed E-state index contributed by atoms with van der Waals surface area (Å²) in [5, 5.41) is 24.0. The fraction of sp³-hybridized carbons (Fsp3) is 0.364. The van der Waals surface area contributed by atoms with Crippen molar-refractivity contribution < 1.29 is 15.0 Å². The Morgan fingerprint density at radius 3 is 2.72 bits per heavy atom. The van der Waals surface area contributed by atoms with Gasteiger partial charge in [-0.1, -0.05) is 23.2 Å². The highest BCUT2D eigenvalue weighted by Gasteiger charge is 2.19. The number of nitrogens with one attached hydrogen (secondary N) is 2. The lowest BCUT2D eigenvalue weighted by Crippen LogP contribution is -2.44. The van der Waals surface area contributed by atoms with E-state index >= 15 is 0 Å². The number of halogens is 2. The number of hydrogen-bond donors (Lipinski definition) is 4. The summed E-state index contributed by atoms with van der Waals surface area (Å²) in [6, 6.07) is 4.12. The molecule has 0 aromatic heterocycles. The van der Waals surface area contributed by atoms with Crippen LogP contribution in [0.15, 0.2) is 18.2 Å². The monoisotopic (exact) mass is 292 g/mol. The van der Waals surface area contributed by atoms with Crippen LogP contribution in [0.1, 0.15) is 6.92 Å². The molecule has 0 saturated heterocycles. The van der Waals surface area contributed by atoms with Gasteiger partial charge in [0, 0.05) is 5.02 Å². The van der Waals surface area contributed by atoms with Gasteiger partial charge < -0.3 is 20.8 Å². The highest BCUT2D eigenvalue weighted by Crippen LogP contribution is 2.25. The molecule has 0 bridgehead atoms. The fourth-order valence-corrected chi connectivity index (χ4v) is 1.42. The van der Waals surface area contributed by atoms with Crippen molar-refractivity contribution in [2.24, 2.45) is 0 Å². The van der Waals surface area contributed by atoms with Crippen molar-refractivity contribution >= 4 is 34.9 Å². The summed E-state index contributed by atoms with van der Waals surface area (Å²) in [6.07, 6.45) is 0. The predicted octanol–water partition coefficient (Wildman–Crippen LogP) is 1.86. The van der Waals surface area contributed by atoms with E-state index in [-0.39, 0.29) is 6.54 Å². The maximum absolute atomic E-state index is 11.5. The van der Waals surface area contributed by atoms with E-state index in [1.165, 1.54) is 13.0 Å². The van der Waals surface area contributed by atoms with E-state index in [9.17, 15) is 9.90 Å². The van der Waals surface area contributed by atoms with Crippen molar-refractivity contribution in [3.8, 4) is 0 Å². The molecule has 0 fully saturated rings. The van der Waals surface area contributed by atoms with Gasteiger partial charge in [0.15, 0.2) is 0 Å². The van der Waals surface area contributed by atoms with Gasteiger partial charge >= 0.3 is 6.03 Å². The van der Waals surface area contributed by atoms with Crippen LogP contribution in [0.5, 0.6) is 0 Å². The highest BCUT2D eigenvalue weighted by molar-refractivity contribution is 6.35. The molecule has 0 aliphatic carbocycles. The first kappa shape index (κ1) is 15.0. The van der Waals surface area contributed by atoms with Crippen LogP contribution in [0, 0.1) is 0 Å². The molecule has 0 aliphatic heterocycles. The van der Waals surface area contributed by atoms with E-state index in [2.05, 4.69) is 10.6 Å². The molecular weight excluding hydrogens is 279 g/mol. The van der Waals surface area contributed by atoms with Crippen LogP contribution in [0.25, 0.3) is 0 Å². The number of anilines is 1. The molecule has 1 rings (SSSR count). The number of urea groups is 1. The number of aliphatic hydroxyl groups is 2. The van der Waals surface area contributed by atoms with Gasteiger partial charge in [-0.3, -0.25) is 0 Å². The molecular formula is C11H14Cl2N2O3. The standard InChI is InChI=1S/C11H14Cl2N2O3/c1-11(18,6-16)5-14-10(17)15-9-4-7(12)2-3-8(9)13/h2-4,16,18H,5-6H2,1H3,(H2,14,15,17). The lowest BCUT2D eigenvalue weighted by atomic mass is 10.1. The van der Waals surface area contributed by atoms with Gasteiger partial charge in [0.05, 0.1) is 23.9 Å². The number of amides is 2. The van der Waals surface area contributed by atoms with Crippen LogP contribution in [-0.4, -0.2) is 35.0 Å². The van der Waals surface area contributed by atoms with Gasteiger partial charge in [-0.2, -0.15) is 0 Å². The van der Waals surface area contributed by atoms with Crippen LogP contribution in [0.3, 0.4) is 0 Å². The molecule has 1 unspecified atom stereocenters. The second-order valence-corrected chi connectivity index (χ2v) is 4.93. The fourth-order valence-electron chi connectivity index (χ4n) is 1.09. The molecule has 1 atom stereocenters. The van der Waals surface area contributed by atoms with E-state index in [0.29, 0.717) is 15.7 Å². The summed E-state index contributed by atoms with van der Waals surface area (Å²) in [4.78, 5) is 11.5. The zero-order chi connectivity index (χ0) is 13.8. The van der Waals surface area contributed by atoms with Crippen LogP contribution >= 0.6 is 23.2 Å². The zero-order valence-corrected chi connectivity index (χ0v) is 11.2. The lowest BCUT2D eigenvalue weighted by molar-refractivity contribution is 0.00514. The molecule has 1 aromatic carbocycles. The third-order valence-corrected chi connectivity index (χ3v) is 2.71. The SMILES string of the molecule is CC(O)(CO)CNC(=O)Nc1cc(Cl)ccc1Cl. The van der Waals surface area contributed by atoms with E-state index < -0.39 is 18.2 Å². The normalized spacial score (nSPS) is 13.8. The predicted molar refractivity (Wildman–Crippen MR) is 71.2 cm³/mol. The molecule has 5 nitrogen and oxygen atoms in total. The highest BCUT2D eigenvalue weighted by atomic mass is 35.5. The van der Waals surface area contributed by atoms with Crippen molar-refractivity contribution in [3.63, 3.8) is 0 Å². The Kier molecular flexibility index (Phi) is 5.22. The van der Waals surface area contributed by atoms with Crippen molar-refractivity contribution in [2.75, 3.05) is 18.5 Å². The van der Waals surface area contributed by atoms with E-state index in [1.807, 2.05) is 0 Å². The van der Waals surface area contributed by atoms with Crippen LogP contribution in [0.2, 0.25) is 10.0 Å². The number of aliphatic hydroxyl groups excluding tert-OH is 1. The molecule has 100 valence electrons. The number of carbonyl (C=O) groups is 1. The Bertz CT molecular complexity index is 438. The van der Waals surface area contributed by atoms with Gasteiger partial charge in [0.1, 0.15) is 5.60 Å².